The third-order valence-electron chi connectivity index (χ3n) is 4.32. The molecule has 140 valence electrons. The minimum atomic E-state index is 0. The van der Waals surface area contributed by atoms with E-state index in [0.717, 1.165) is 54.7 Å². The number of carbonyl (C=O) groups is 1. The summed E-state index contributed by atoms with van der Waals surface area (Å²) >= 11 is 1.51. The summed E-state index contributed by atoms with van der Waals surface area (Å²) in [4.78, 5) is 20.2. The van der Waals surface area contributed by atoms with Gasteiger partial charge in [0.2, 0.25) is 0 Å². The Bertz CT molecular complexity index is 653. The first kappa shape index (κ1) is 22.0. The zero-order chi connectivity index (χ0) is 16.2. The summed E-state index contributed by atoms with van der Waals surface area (Å²) in [6, 6.07) is 3.71. The molecule has 0 bridgehead atoms. The van der Waals surface area contributed by atoms with Crippen LogP contribution in [0.25, 0.3) is 10.8 Å². The molecule has 1 fully saturated rings. The van der Waals surface area contributed by atoms with E-state index in [2.05, 4.69) is 17.2 Å². The molecule has 1 aliphatic heterocycles. The number of likely N-dealkylation sites (tertiary alicyclic amines) is 1. The van der Waals surface area contributed by atoms with E-state index in [-0.39, 0.29) is 30.7 Å². The molecule has 1 N–H and O–H groups in total. The molecule has 1 aliphatic rings. The Morgan fingerprint density at radius 3 is 2.72 bits per heavy atom. The van der Waals surface area contributed by atoms with Gasteiger partial charge in [0.1, 0.15) is 5.69 Å². The average molecular weight is 406 g/mol. The second-order valence-electron chi connectivity index (χ2n) is 5.94. The lowest BCUT2D eigenvalue weighted by Gasteiger charge is -2.31. The number of nitrogens with zero attached hydrogens (tertiary/aromatic N) is 2. The van der Waals surface area contributed by atoms with E-state index in [0.29, 0.717) is 11.6 Å². The van der Waals surface area contributed by atoms with Crippen molar-refractivity contribution in [2.24, 2.45) is 5.92 Å². The topological polar surface area (TPSA) is 58.4 Å². The molecule has 0 aromatic carbocycles. The molecule has 3 rings (SSSR count). The summed E-state index contributed by atoms with van der Waals surface area (Å²) in [6.07, 6.45) is 3.75. The van der Waals surface area contributed by atoms with Crippen molar-refractivity contribution in [2.75, 3.05) is 26.2 Å². The molecule has 2 aromatic heterocycles. The molecular weight excluding hydrogens is 381 g/mol. The first-order valence-corrected chi connectivity index (χ1v) is 9.02. The van der Waals surface area contributed by atoms with Gasteiger partial charge in [-0.2, -0.15) is 0 Å². The van der Waals surface area contributed by atoms with Crippen molar-refractivity contribution in [1.82, 2.24) is 15.2 Å². The summed E-state index contributed by atoms with van der Waals surface area (Å²) < 4.78 is 5.38. The van der Waals surface area contributed by atoms with E-state index < -0.39 is 0 Å². The largest absolute Gasteiger partial charge is 0.462 e. The molecule has 0 unspecified atom stereocenters. The van der Waals surface area contributed by atoms with Gasteiger partial charge in [-0.1, -0.05) is 6.92 Å². The molecule has 5 nitrogen and oxygen atoms in total. The van der Waals surface area contributed by atoms with Crippen molar-refractivity contribution in [3.63, 3.8) is 0 Å². The highest BCUT2D eigenvalue weighted by Gasteiger charge is 2.26. The van der Waals surface area contributed by atoms with Gasteiger partial charge in [-0.05, 0) is 50.9 Å². The fourth-order valence-corrected chi connectivity index (χ4v) is 3.81. The highest BCUT2D eigenvalue weighted by Crippen LogP contribution is 2.29. The molecule has 1 amide bonds. The molecule has 8 heteroatoms. The van der Waals surface area contributed by atoms with Gasteiger partial charge in [-0.3, -0.25) is 4.79 Å². The van der Waals surface area contributed by atoms with Crippen LogP contribution in [0.5, 0.6) is 0 Å². The standard InChI is InChI=1S/C17H23N3O2S.2ClH/c1-3-18-11-13-6-8-20(9-7-13)17(21)15-12(2)23-16(19-15)14-5-4-10-22-14;;/h4-5,10,13,18H,3,6-9,11H2,1-2H3;2*1H. The smallest absolute Gasteiger partial charge is 0.273 e. The fraction of sp³-hybridized carbons (Fsp3) is 0.529. The van der Waals surface area contributed by atoms with Crippen LogP contribution in [-0.4, -0.2) is 42.0 Å². The molecule has 2 aromatic rings. The van der Waals surface area contributed by atoms with Crippen molar-refractivity contribution in [2.45, 2.75) is 26.7 Å². The summed E-state index contributed by atoms with van der Waals surface area (Å²) in [7, 11) is 0. The van der Waals surface area contributed by atoms with Gasteiger partial charge in [0, 0.05) is 18.0 Å². The SMILES string of the molecule is CCNCC1CCN(C(=O)c2nc(-c3ccco3)sc2C)CC1.Cl.Cl. The number of thiazole rings is 1. The number of piperidine rings is 1. The second-order valence-corrected chi connectivity index (χ2v) is 7.15. The molecule has 1 saturated heterocycles. The van der Waals surface area contributed by atoms with E-state index in [1.807, 2.05) is 24.0 Å². The number of hydrogen-bond acceptors (Lipinski definition) is 5. The molecule has 0 atom stereocenters. The minimum absolute atomic E-state index is 0. The van der Waals surface area contributed by atoms with Gasteiger partial charge in [-0.25, -0.2) is 4.98 Å². The van der Waals surface area contributed by atoms with Crippen LogP contribution in [0.3, 0.4) is 0 Å². The number of aromatic nitrogens is 1. The monoisotopic (exact) mass is 405 g/mol. The summed E-state index contributed by atoms with van der Waals surface area (Å²) in [5.41, 5.74) is 0.575. The number of aryl methyl sites for hydroxylation is 1. The number of amides is 1. The molecule has 3 heterocycles. The Hall–Kier alpha value is -1.08. The third-order valence-corrected chi connectivity index (χ3v) is 5.30. The van der Waals surface area contributed by atoms with Crippen LogP contribution >= 0.6 is 36.2 Å². The summed E-state index contributed by atoms with van der Waals surface area (Å²) in [5.74, 6) is 1.45. The second kappa shape index (κ2) is 10.2. The van der Waals surface area contributed by atoms with Gasteiger partial charge in [0.05, 0.1) is 6.26 Å². The van der Waals surface area contributed by atoms with Gasteiger partial charge in [0.25, 0.3) is 5.91 Å². The normalized spacial score (nSPS) is 14.7. The minimum Gasteiger partial charge on any atom is -0.462 e. The lowest BCUT2D eigenvalue weighted by atomic mass is 9.96. The van der Waals surface area contributed by atoms with Crippen molar-refractivity contribution < 1.29 is 9.21 Å². The van der Waals surface area contributed by atoms with Crippen LogP contribution in [0, 0.1) is 12.8 Å². The first-order chi connectivity index (χ1) is 11.2. The van der Waals surface area contributed by atoms with E-state index >= 15 is 0 Å². The Labute approximate surface area is 165 Å². The Morgan fingerprint density at radius 2 is 2.12 bits per heavy atom. The Balaban J connectivity index is 0.00000156. The quantitative estimate of drug-likeness (QED) is 0.815. The Kier molecular flexibility index (Phi) is 8.93. The van der Waals surface area contributed by atoms with Crippen molar-refractivity contribution in [1.29, 1.82) is 0 Å². The predicted molar refractivity (Wildman–Crippen MR) is 106 cm³/mol. The van der Waals surface area contributed by atoms with Crippen LogP contribution in [0.4, 0.5) is 0 Å². The molecule has 0 spiro atoms. The maximum absolute atomic E-state index is 12.7. The van der Waals surface area contributed by atoms with E-state index in [1.165, 1.54) is 11.3 Å². The fourth-order valence-electron chi connectivity index (χ4n) is 2.94. The zero-order valence-electron chi connectivity index (χ0n) is 14.5. The van der Waals surface area contributed by atoms with Gasteiger partial charge in [-0.15, -0.1) is 36.2 Å². The van der Waals surface area contributed by atoms with Crippen LogP contribution in [0.1, 0.15) is 35.1 Å². The number of nitrogens with one attached hydrogen (secondary N) is 1. The van der Waals surface area contributed by atoms with Gasteiger partial charge < -0.3 is 14.6 Å². The summed E-state index contributed by atoms with van der Waals surface area (Å²) in [5, 5.41) is 4.17. The molecule has 0 aliphatic carbocycles. The number of furan rings is 1. The van der Waals surface area contributed by atoms with Gasteiger partial charge >= 0.3 is 0 Å². The van der Waals surface area contributed by atoms with Crippen LogP contribution in [0.15, 0.2) is 22.8 Å². The lowest BCUT2D eigenvalue weighted by Crippen LogP contribution is -2.41. The van der Waals surface area contributed by atoms with Crippen LogP contribution in [-0.2, 0) is 0 Å². The zero-order valence-corrected chi connectivity index (χ0v) is 16.9. The van der Waals surface area contributed by atoms with Crippen LogP contribution in [0.2, 0.25) is 0 Å². The maximum atomic E-state index is 12.7. The van der Waals surface area contributed by atoms with E-state index in [1.54, 1.807) is 6.26 Å². The van der Waals surface area contributed by atoms with Crippen molar-refractivity contribution >= 4 is 42.1 Å². The molecule has 25 heavy (non-hydrogen) atoms. The van der Waals surface area contributed by atoms with E-state index in [4.69, 9.17) is 4.42 Å². The van der Waals surface area contributed by atoms with Crippen molar-refractivity contribution in [3.05, 3.63) is 29.0 Å². The first-order valence-electron chi connectivity index (χ1n) is 8.20. The predicted octanol–water partition coefficient (Wildman–Crippen LogP) is 4.02. The summed E-state index contributed by atoms with van der Waals surface area (Å²) in [6.45, 7) is 7.78. The Morgan fingerprint density at radius 1 is 1.40 bits per heavy atom. The van der Waals surface area contributed by atoms with Crippen LogP contribution < -0.4 is 5.32 Å². The lowest BCUT2D eigenvalue weighted by molar-refractivity contribution is 0.0684. The molecule has 0 radical (unpaired) electrons. The molecule has 0 saturated carbocycles. The number of halogens is 2. The average Bonchev–Trinajstić information content (AvgIpc) is 3.22. The van der Waals surface area contributed by atoms with Gasteiger partial charge in [0.15, 0.2) is 10.8 Å². The van der Waals surface area contributed by atoms with E-state index in [9.17, 15) is 4.79 Å². The molecular formula is C17H25Cl2N3O2S. The number of hydrogen-bond donors (Lipinski definition) is 1. The number of carbonyl (C=O) groups excluding carboxylic acids is 1. The van der Waals surface area contributed by atoms with Crippen molar-refractivity contribution in [3.8, 4) is 10.8 Å². The third kappa shape index (κ3) is 5.20. The highest BCUT2D eigenvalue weighted by molar-refractivity contribution is 7.15. The maximum Gasteiger partial charge on any atom is 0.273 e. The number of rotatable bonds is 5. The highest BCUT2D eigenvalue weighted by atomic mass is 35.5.